The van der Waals surface area contributed by atoms with Crippen LogP contribution in [0.15, 0.2) is 18.2 Å². The molecule has 0 saturated heterocycles. The van der Waals surface area contributed by atoms with Crippen LogP contribution in [0.2, 0.25) is 0 Å². The Kier molecular flexibility index (Phi) is 5.35. The Labute approximate surface area is 95.1 Å². The van der Waals surface area contributed by atoms with E-state index in [1.807, 2.05) is 6.92 Å². The van der Waals surface area contributed by atoms with Gasteiger partial charge in [-0.25, -0.2) is 8.78 Å². The van der Waals surface area contributed by atoms with Crippen LogP contribution in [0.5, 0.6) is 0 Å². The second-order valence-corrected chi connectivity index (χ2v) is 3.71. The lowest BCUT2D eigenvalue weighted by Crippen LogP contribution is -2.31. The van der Waals surface area contributed by atoms with E-state index in [4.69, 9.17) is 5.73 Å². The number of benzene rings is 1. The predicted molar refractivity (Wildman–Crippen MR) is 61.2 cm³/mol. The van der Waals surface area contributed by atoms with E-state index in [-0.39, 0.29) is 0 Å². The molecule has 4 heteroatoms. The molecule has 90 valence electrons. The minimum absolute atomic E-state index is 0.469. The third-order valence-electron chi connectivity index (χ3n) is 2.61. The minimum Gasteiger partial charge on any atom is -0.329 e. The topological polar surface area (TPSA) is 29.3 Å². The van der Waals surface area contributed by atoms with Gasteiger partial charge in [-0.1, -0.05) is 13.0 Å². The number of likely N-dealkylation sites (N-methyl/N-ethyl adjacent to an activating group) is 1. The largest absolute Gasteiger partial charge is 0.329 e. The highest BCUT2D eigenvalue weighted by Gasteiger charge is 2.06. The van der Waals surface area contributed by atoms with Crippen LogP contribution in [-0.2, 0) is 6.42 Å². The van der Waals surface area contributed by atoms with Crippen molar-refractivity contribution >= 4 is 0 Å². The van der Waals surface area contributed by atoms with Gasteiger partial charge in [0, 0.05) is 25.7 Å². The molecule has 1 aromatic rings. The standard InChI is InChI=1S/C12H18F2N2/c1-2-16(8-6-15)7-5-10-3-4-11(13)9-12(10)14/h3-4,9H,2,5-8,15H2,1H3. The van der Waals surface area contributed by atoms with Gasteiger partial charge in [0.1, 0.15) is 11.6 Å². The summed E-state index contributed by atoms with van der Waals surface area (Å²) in [5.74, 6) is -1.00. The third-order valence-corrected chi connectivity index (χ3v) is 2.61. The molecule has 1 aromatic carbocycles. The van der Waals surface area contributed by atoms with Crippen LogP contribution >= 0.6 is 0 Å². The molecule has 0 amide bonds. The third kappa shape index (κ3) is 3.87. The molecule has 1 rings (SSSR count). The molecule has 0 unspecified atom stereocenters. The molecule has 16 heavy (non-hydrogen) atoms. The Bertz CT molecular complexity index is 329. The van der Waals surface area contributed by atoms with Crippen molar-refractivity contribution in [1.82, 2.24) is 4.90 Å². The fourth-order valence-electron chi connectivity index (χ4n) is 1.61. The molecule has 0 atom stereocenters. The molecule has 2 N–H and O–H groups in total. The molecule has 0 spiro atoms. The van der Waals surface area contributed by atoms with E-state index in [2.05, 4.69) is 4.90 Å². The fourth-order valence-corrected chi connectivity index (χ4v) is 1.61. The van der Waals surface area contributed by atoms with Crippen molar-refractivity contribution in [1.29, 1.82) is 0 Å². The van der Waals surface area contributed by atoms with Crippen LogP contribution in [-0.4, -0.2) is 31.1 Å². The van der Waals surface area contributed by atoms with Gasteiger partial charge in [0.05, 0.1) is 0 Å². The maximum atomic E-state index is 13.3. The molecule has 2 nitrogen and oxygen atoms in total. The molecule has 0 aliphatic rings. The number of hydrogen-bond donors (Lipinski definition) is 1. The summed E-state index contributed by atoms with van der Waals surface area (Å²) in [4.78, 5) is 2.14. The SMILES string of the molecule is CCN(CCN)CCc1ccc(F)cc1F. The molecule has 0 saturated carbocycles. The van der Waals surface area contributed by atoms with Crippen molar-refractivity contribution < 1.29 is 8.78 Å². The summed E-state index contributed by atoms with van der Waals surface area (Å²) in [5, 5.41) is 0. The van der Waals surface area contributed by atoms with E-state index in [1.165, 1.54) is 12.1 Å². The lowest BCUT2D eigenvalue weighted by atomic mass is 10.1. The molecule has 0 heterocycles. The van der Waals surface area contributed by atoms with E-state index >= 15 is 0 Å². The Balaban J connectivity index is 2.53. The summed E-state index contributed by atoms with van der Waals surface area (Å²) in [6, 6.07) is 3.72. The van der Waals surface area contributed by atoms with Crippen molar-refractivity contribution in [2.45, 2.75) is 13.3 Å². The lowest BCUT2D eigenvalue weighted by Gasteiger charge is -2.19. The van der Waals surface area contributed by atoms with Gasteiger partial charge in [-0.3, -0.25) is 0 Å². The first-order valence-electron chi connectivity index (χ1n) is 5.53. The van der Waals surface area contributed by atoms with Crippen LogP contribution in [0.3, 0.4) is 0 Å². The Morgan fingerprint density at radius 3 is 2.56 bits per heavy atom. The summed E-state index contributed by atoms with van der Waals surface area (Å²) < 4.78 is 26.0. The van der Waals surface area contributed by atoms with Crippen molar-refractivity contribution in [2.24, 2.45) is 5.73 Å². The van der Waals surface area contributed by atoms with Gasteiger partial charge in [0.25, 0.3) is 0 Å². The molecule has 0 radical (unpaired) electrons. The van der Waals surface area contributed by atoms with E-state index in [0.717, 1.165) is 25.7 Å². The second kappa shape index (κ2) is 6.55. The van der Waals surface area contributed by atoms with Gasteiger partial charge >= 0.3 is 0 Å². The maximum Gasteiger partial charge on any atom is 0.129 e. The second-order valence-electron chi connectivity index (χ2n) is 3.71. The molecule has 0 aliphatic carbocycles. The molecular weight excluding hydrogens is 210 g/mol. The molecule has 0 bridgehead atoms. The average molecular weight is 228 g/mol. The maximum absolute atomic E-state index is 13.3. The molecule has 0 aromatic heterocycles. The van der Waals surface area contributed by atoms with Crippen molar-refractivity contribution in [3.8, 4) is 0 Å². The van der Waals surface area contributed by atoms with Crippen LogP contribution in [0.25, 0.3) is 0 Å². The highest BCUT2D eigenvalue weighted by atomic mass is 19.1. The number of nitrogens with zero attached hydrogens (tertiary/aromatic N) is 1. The van der Waals surface area contributed by atoms with Crippen LogP contribution in [0, 0.1) is 11.6 Å². The Morgan fingerprint density at radius 1 is 1.25 bits per heavy atom. The van der Waals surface area contributed by atoms with Crippen LogP contribution in [0.1, 0.15) is 12.5 Å². The summed E-state index contributed by atoms with van der Waals surface area (Å²) in [5.41, 5.74) is 6.01. The van der Waals surface area contributed by atoms with E-state index in [0.29, 0.717) is 18.5 Å². The molecule has 0 fully saturated rings. The fraction of sp³-hybridized carbons (Fsp3) is 0.500. The first kappa shape index (κ1) is 13.1. The summed E-state index contributed by atoms with van der Waals surface area (Å²) in [6.45, 7) is 5.08. The lowest BCUT2D eigenvalue weighted by molar-refractivity contribution is 0.298. The number of rotatable bonds is 6. The Hall–Kier alpha value is -1.00. The van der Waals surface area contributed by atoms with Crippen molar-refractivity contribution in [3.63, 3.8) is 0 Å². The van der Waals surface area contributed by atoms with Gasteiger partial charge in [-0.15, -0.1) is 0 Å². The van der Waals surface area contributed by atoms with Crippen molar-refractivity contribution in [3.05, 3.63) is 35.4 Å². The first-order valence-corrected chi connectivity index (χ1v) is 5.53. The van der Waals surface area contributed by atoms with E-state index < -0.39 is 11.6 Å². The van der Waals surface area contributed by atoms with Gasteiger partial charge < -0.3 is 10.6 Å². The van der Waals surface area contributed by atoms with Gasteiger partial charge in [0.2, 0.25) is 0 Å². The zero-order valence-corrected chi connectivity index (χ0v) is 9.55. The Morgan fingerprint density at radius 2 is 2.00 bits per heavy atom. The van der Waals surface area contributed by atoms with Crippen LogP contribution < -0.4 is 5.73 Å². The number of nitrogens with two attached hydrogens (primary N) is 1. The highest BCUT2D eigenvalue weighted by molar-refractivity contribution is 5.18. The first-order chi connectivity index (χ1) is 7.67. The monoisotopic (exact) mass is 228 g/mol. The molecule has 0 aliphatic heterocycles. The van der Waals surface area contributed by atoms with Crippen LogP contribution in [0.4, 0.5) is 8.78 Å². The number of hydrogen-bond acceptors (Lipinski definition) is 2. The summed E-state index contributed by atoms with van der Waals surface area (Å²) in [6.07, 6.45) is 0.583. The molecular formula is C12H18F2N2. The smallest absolute Gasteiger partial charge is 0.129 e. The average Bonchev–Trinajstić information content (AvgIpc) is 2.26. The predicted octanol–water partition coefficient (Wildman–Crippen LogP) is 1.79. The zero-order chi connectivity index (χ0) is 12.0. The number of halogens is 2. The van der Waals surface area contributed by atoms with E-state index in [9.17, 15) is 8.78 Å². The quantitative estimate of drug-likeness (QED) is 0.804. The summed E-state index contributed by atoms with van der Waals surface area (Å²) >= 11 is 0. The summed E-state index contributed by atoms with van der Waals surface area (Å²) in [7, 11) is 0. The van der Waals surface area contributed by atoms with E-state index in [1.54, 1.807) is 0 Å². The van der Waals surface area contributed by atoms with Gasteiger partial charge in [-0.05, 0) is 24.6 Å². The minimum atomic E-state index is -0.532. The van der Waals surface area contributed by atoms with Gasteiger partial charge in [0.15, 0.2) is 0 Å². The normalized spacial score (nSPS) is 11.1. The van der Waals surface area contributed by atoms with Crippen molar-refractivity contribution in [2.75, 3.05) is 26.2 Å². The zero-order valence-electron chi connectivity index (χ0n) is 9.55. The van der Waals surface area contributed by atoms with Gasteiger partial charge in [-0.2, -0.15) is 0 Å². The highest BCUT2D eigenvalue weighted by Crippen LogP contribution is 2.10.